The number of rotatable bonds is 6. The quantitative estimate of drug-likeness (QED) is 0.576. The van der Waals surface area contributed by atoms with Crippen LogP contribution >= 0.6 is 0 Å². The average Bonchev–Trinajstić information content (AvgIpc) is 3.01. The molecule has 1 saturated heterocycles. The predicted octanol–water partition coefficient (Wildman–Crippen LogP) is 2.31. The molecule has 2 rings (SSSR count). The number of likely N-dealkylation sites (tertiary alicyclic amines) is 1. The maximum atomic E-state index is 10.4. The van der Waals surface area contributed by atoms with Crippen LogP contribution in [0.5, 0.6) is 0 Å². The number of guanidine groups is 1. The molecule has 0 aromatic carbocycles. The van der Waals surface area contributed by atoms with Gasteiger partial charge in [-0.15, -0.1) is 0 Å². The van der Waals surface area contributed by atoms with Crippen molar-refractivity contribution in [1.29, 1.82) is 0 Å². The van der Waals surface area contributed by atoms with E-state index in [4.69, 9.17) is 4.99 Å². The summed E-state index contributed by atoms with van der Waals surface area (Å²) in [5, 5.41) is 13.8. The maximum absolute atomic E-state index is 10.4. The molecule has 2 aliphatic rings. The lowest BCUT2D eigenvalue weighted by molar-refractivity contribution is 0.00704. The molecular formula is C19H38N4O. The molecule has 24 heavy (non-hydrogen) atoms. The van der Waals surface area contributed by atoms with Crippen LogP contribution in [0.15, 0.2) is 4.99 Å². The van der Waals surface area contributed by atoms with Gasteiger partial charge in [-0.05, 0) is 45.7 Å². The lowest BCUT2D eigenvalue weighted by Gasteiger charge is -2.37. The second kappa shape index (κ2) is 9.04. The summed E-state index contributed by atoms with van der Waals surface area (Å²) in [4.78, 5) is 9.76. The molecule has 0 amide bonds. The molecule has 0 bridgehead atoms. The fourth-order valence-corrected chi connectivity index (χ4v) is 4.21. The van der Waals surface area contributed by atoms with Gasteiger partial charge in [-0.2, -0.15) is 0 Å². The van der Waals surface area contributed by atoms with E-state index in [1.165, 1.54) is 25.8 Å². The number of nitrogens with zero attached hydrogens (tertiary/aromatic N) is 3. The van der Waals surface area contributed by atoms with Crippen molar-refractivity contribution < 1.29 is 5.11 Å². The third-order valence-corrected chi connectivity index (χ3v) is 5.96. The zero-order valence-electron chi connectivity index (χ0n) is 16.2. The van der Waals surface area contributed by atoms with E-state index in [-0.39, 0.29) is 11.5 Å². The van der Waals surface area contributed by atoms with Gasteiger partial charge in [0.1, 0.15) is 0 Å². The lowest BCUT2D eigenvalue weighted by Crippen LogP contribution is -2.47. The van der Waals surface area contributed by atoms with Crippen LogP contribution in [-0.4, -0.2) is 72.8 Å². The molecule has 0 spiro atoms. The number of hydrogen-bond acceptors (Lipinski definition) is 3. The van der Waals surface area contributed by atoms with Gasteiger partial charge >= 0.3 is 0 Å². The fraction of sp³-hybridized carbons (Fsp3) is 0.947. The molecule has 5 nitrogen and oxygen atoms in total. The Balaban J connectivity index is 1.98. The first-order valence-corrected chi connectivity index (χ1v) is 9.91. The molecule has 2 fully saturated rings. The summed E-state index contributed by atoms with van der Waals surface area (Å²) in [6, 6.07) is 0.639. The Labute approximate surface area is 148 Å². The normalized spacial score (nSPS) is 32.1. The van der Waals surface area contributed by atoms with Crippen LogP contribution < -0.4 is 5.32 Å². The van der Waals surface area contributed by atoms with E-state index in [2.05, 4.69) is 42.9 Å². The van der Waals surface area contributed by atoms with Gasteiger partial charge in [0.05, 0.1) is 12.6 Å². The van der Waals surface area contributed by atoms with Gasteiger partial charge in [0.25, 0.3) is 0 Å². The monoisotopic (exact) mass is 338 g/mol. The molecular weight excluding hydrogens is 300 g/mol. The van der Waals surface area contributed by atoms with Crippen LogP contribution in [0, 0.1) is 5.41 Å². The van der Waals surface area contributed by atoms with Crippen LogP contribution in [0.2, 0.25) is 0 Å². The molecule has 140 valence electrons. The summed E-state index contributed by atoms with van der Waals surface area (Å²) in [6.07, 6.45) is 6.74. The Morgan fingerprint density at radius 2 is 2.08 bits per heavy atom. The molecule has 3 unspecified atom stereocenters. The summed E-state index contributed by atoms with van der Waals surface area (Å²) in [5.74, 6) is 0.986. The standard InChI is InChI=1S/C19H38N4O/c1-5-20-18(21-15-19(3)12-8-7-11-17(19)24)22(4)14-16-10-9-13-23(16)6-2/h16-17,24H,5-15H2,1-4H3,(H,20,21). The molecule has 1 heterocycles. The minimum absolute atomic E-state index is 0.0669. The molecule has 0 aromatic heterocycles. The van der Waals surface area contributed by atoms with E-state index in [1.54, 1.807) is 0 Å². The van der Waals surface area contributed by atoms with Crippen LogP contribution in [0.4, 0.5) is 0 Å². The fourth-order valence-electron chi connectivity index (χ4n) is 4.21. The Kier molecular flexibility index (Phi) is 7.35. The molecule has 2 N–H and O–H groups in total. The zero-order valence-corrected chi connectivity index (χ0v) is 16.2. The first kappa shape index (κ1) is 19.5. The molecule has 0 radical (unpaired) electrons. The van der Waals surface area contributed by atoms with Gasteiger partial charge in [0.2, 0.25) is 0 Å². The van der Waals surface area contributed by atoms with Crippen molar-refractivity contribution in [2.45, 2.75) is 71.4 Å². The highest BCUT2D eigenvalue weighted by Crippen LogP contribution is 2.36. The number of aliphatic imine (C=N–C) groups is 1. The van der Waals surface area contributed by atoms with Crippen molar-refractivity contribution >= 4 is 5.96 Å². The van der Waals surface area contributed by atoms with Crippen LogP contribution in [0.1, 0.15) is 59.3 Å². The number of likely N-dealkylation sites (N-methyl/N-ethyl adjacent to an activating group) is 2. The van der Waals surface area contributed by atoms with E-state index in [1.807, 2.05) is 0 Å². The van der Waals surface area contributed by atoms with Gasteiger partial charge in [0, 0.05) is 31.6 Å². The van der Waals surface area contributed by atoms with Gasteiger partial charge in [0.15, 0.2) is 5.96 Å². The topological polar surface area (TPSA) is 51.1 Å². The maximum Gasteiger partial charge on any atom is 0.193 e. The smallest absolute Gasteiger partial charge is 0.193 e. The second-order valence-corrected chi connectivity index (χ2v) is 7.89. The number of nitrogens with one attached hydrogen (secondary N) is 1. The first-order chi connectivity index (χ1) is 11.5. The van der Waals surface area contributed by atoms with E-state index >= 15 is 0 Å². The van der Waals surface area contributed by atoms with Crippen LogP contribution in [-0.2, 0) is 0 Å². The minimum Gasteiger partial charge on any atom is -0.392 e. The zero-order chi connectivity index (χ0) is 17.6. The van der Waals surface area contributed by atoms with Crippen molar-refractivity contribution in [3.8, 4) is 0 Å². The Hall–Kier alpha value is -0.810. The van der Waals surface area contributed by atoms with Crippen LogP contribution in [0.25, 0.3) is 0 Å². The van der Waals surface area contributed by atoms with E-state index < -0.39 is 0 Å². The summed E-state index contributed by atoms with van der Waals surface area (Å²) in [6.45, 7) is 11.5. The van der Waals surface area contributed by atoms with E-state index in [0.717, 1.165) is 44.9 Å². The molecule has 0 aromatic rings. The molecule has 1 aliphatic heterocycles. The van der Waals surface area contributed by atoms with Gasteiger partial charge in [-0.3, -0.25) is 9.89 Å². The van der Waals surface area contributed by atoms with Gasteiger partial charge in [-0.1, -0.05) is 26.7 Å². The van der Waals surface area contributed by atoms with Crippen molar-refractivity contribution in [3.63, 3.8) is 0 Å². The SMILES string of the molecule is CCNC(=NCC1(C)CCCCC1O)N(C)CC1CCCN1CC. The Morgan fingerprint density at radius 1 is 1.29 bits per heavy atom. The largest absolute Gasteiger partial charge is 0.392 e. The number of hydrogen-bond donors (Lipinski definition) is 2. The van der Waals surface area contributed by atoms with Gasteiger partial charge < -0.3 is 15.3 Å². The molecule has 1 saturated carbocycles. The summed E-state index contributed by atoms with van der Waals surface area (Å²) in [5.41, 5.74) is -0.0669. The minimum atomic E-state index is -0.214. The van der Waals surface area contributed by atoms with E-state index in [9.17, 15) is 5.11 Å². The van der Waals surface area contributed by atoms with Crippen molar-refractivity contribution in [2.75, 3.05) is 39.8 Å². The van der Waals surface area contributed by atoms with Crippen molar-refractivity contribution in [3.05, 3.63) is 0 Å². The van der Waals surface area contributed by atoms with Crippen molar-refractivity contribution in [1.82, 2.24) is 15.1 Å². The Bertz CT molecular complexity index is 414. The Morgan fingerprint density at radius 3 is 2.75 bits per heavy atom. The van der Waals surface area contributed by atoms with Gasteiger partial charge in [-0.25, -0.2) is 0 Å². The average molecular weight is 339 g/mol. The highest BCUT2D eigenvalue weighted by atomic mass is 16.3. The molecule has 1 aliphatic carbocycles. The number of aliphatic hydroxyl groups excluding tert-OH is 1. The number of aliphatic hydroxyl groups is 1. The lowest BCUT2D eigenvalue weighted by atomic mass is 9.73. The van der Waals surface area contributed by atoms with E-state index in [0.29, 0.717) is 12.6 Å². The molecule has 3 atom stereocenters. The van der Waals surface area contributed by atoms with Crippen molar-refractivity contribution in [2.24, 2.45) is 10.4 Å². The second-order valence-electron chi connectivity index (χ2n) is 7.89. The third-order valence-electron chi connectivity index (χ3n) is 5.96. The predicted molar refractivity (Wildman–Crippen MR) is 101 cm³/mol. The molecule has 5 heteroatoms. The van der Waals surface area contributed by atoms with Crippen LogP contribution in [0.3, 0.4) is 0 Å². The highest BCUT2D eigenvalue weighted by molar-refractivity contribution is 5.79. The summed E-state index contributed by atoms with van der Waals surface area (Å²) in [7, 11) is 2.15. The first-order valence-electron chi connectivity index (χ1n) is 9.91. The summed E-state index contributed by atoms with van der Waals surface area (Å²) >= 11 is 0. The summed E-state index contributed by atoms with van der Waals surface area (Å²) < 4.78 is 0. The third kappa shape index (κ3) is 4.85. The highest BCUT2D eigenvalue weighted by Gasteiger charge is 2.35.